The Labute approximate surface area is 113 Å². The summed E-state index contributed by atoms with van der Waals surface area (Å²) in [6.45, 7) is 8.77. The molecule has 0 aliphatic carbocycles. The zero-order chi connectivity index (χ0) is 12.5. The minimum atomic E-state index is 0.454. The molecule has 3 nitrogen and oxygen atoms in total. The summed E-state index contributed by atoms with van der Waals surface area (Å²) in [5, 5.41) is 2.20. The molecule has 1 aromatic rings. The van der Waals surface area contributed by atoms with Crippen LogP contribution in [0.3, 0.4) is 0 Å². The summed E-state index contributed by atoms with van der Waals surface area (Å²) in [6.07, 6.45) is 0.454. The first-order valence-electron chi connectivity index (χ1n) is 6.78. The third kappa shape index (κ3) is 2.62. The van der Waals surface area contributed by atoms with E-state index in [0.717, 1.165) is 26.2 Å². The van der Waals surface area contributed by atoms with Crippen LogP contribution in [0, 0.1) is 12.8 Å². The lowest BCUT2D eigenvalue weighted by molar-refractivity contribution is 0.0515. The fourth-order valence-corrected chi connectivity index (χ4v) is 3.99. The Bertz CT molecular complexity index is 406. The van der Waals surface area contributed by atoms with Crippen molar-refractivity contribution in [2.24, 2.45) is 5.92 Å². The molecule has 0 aromatic carbocycles. The fourth-order valence-electron chi connectivity index (χ4n) is 3.04. The Morgan fingerprint density at radius 2 is 2.28 bits per heavy atom. The molecule has 1 aromatic heterocycles. The van der Waals surface area contributed by atoms with Crippen molar-refractivity contribution in [1.29, 1.82) is 0 Å². The van der Waals surface area contributed by atoms with E-state index >= 15 is 0 Å². The van der Waals surface area contributed by atoms with Crippen molar-refractivity contribution in [3.63, 3.8) is 0 Å². The summed E-state index contributed by atoms with van der Waals surface area (Å²) in [5.41, 5.74) is 1.44. The van der Waals surface area contributed by atoms with Gasteiger partial charge in [-0.1, -0.05) is 0 Å². The number of fused-ring (bicyclic) bond motifs is 1. The molecule has 0 amide bonds. The molecule has 0 bridgehead atoms. The van der Waals surface area contributed by atoms with Gasteiger partial charge in [0, 0.05) is 43.5 Å². The highest BCUT2D eigenvalue weighted by atomic mass is 32.1. The predicted molar refractivity (Wildman–Crippen MR) is 75.1 cm³/mol. The van der Waals surface area contributed by atoms with Gasteiger partial charge in [0.25, 0.3) is 0 Å². The van der Waals surface area contributed by atoms with Gasteiger partial charge in [0.05, 0.1) is 12.7 Å². The fraction of sp³-hybridized carbons (Fsp3) is 0.714. The zero-order valence-electron chi connectivity index (χ0n) is 11.3. The van der Waals surface area contributed by atoms with Crippen molar-refractivity contribution >= 4 is 11.3 Å². The van der Waals surface area contributed by atoms with Gasteiger partial charge in [-0.05, 0) is 31.0 Å². The van der Waals surface area contributed by atoms with Crippen molar-refractivity contribution in [2.75, 3.05) is 39.8 Å². The number of ether oxygens (including phenoxy) is 1. The van der Waals surface area contributed by atoms with Gasteiger partial charge < -0.3 is 9.64 Å². The number of likely N-dealkylation sites (N-methyl/N-ethyl adjacent to an activating group) is 1. The molecule has 0 saturated carbocycles. The summed E-state index contributed by atoms with van der Waals surface area (Å²) in [5.74, 6) is 0.692. The number of hydrogen-bond acceptors (Lipinski definition) is 4. The maximum absolute atomic E-state index is 6.00. The van der Waals surface area contributed by atoms with Gasteiger partial charge in [0.2, 0.25) is 0 Å². The Kier molecular flexibility index (Phi) is 3.71. The average molecular weight is 266 g/mol. The van der Waals surface area contributed by atoms with E-state index in [1.165, 1.54) is 23.5 Å². The molecule has 0 radical (unpaired) electrons. The maximum Gasteiger partial charge on any atom is 0.0755 e. The van der Waals surface area contributed by atoms with Gasteiger partial charge in [-0.2, -0.15) is 0 Å². The van der Waals surface area contributed by atoms with Crippen LogP contribution in [-0.4, -0.2) is 55.7 Å². The molecule has 0 spiro atoms. The Hall–Kier alpha value is -0.420. The molecular formula is C14H22N2OS. The number of thiophene rings is 1. The van der Waals surface area contributed by atoms with Crippen LogP contribution in [0.5, 0.6) is 0 Å². The number of aryl methyl sites for hydroxylation is 1. The Morgan fingerprint density at radius 3 is 3.06 bits per heavy atom. The highest BCUT2D eigenvalue weighted by molar-refractivity contribution is 7.10. The maximum atomic E-state index is 6.00. The van der Waals surface area contributed by atoms with E-state index in [0.29, 0.717) is 12.0 Å². The SMILES string of the molecule is Cc1ccsc1CN1C[C@@H]2CN(C)CCO[C@@H]2C1. The molecule has 3 heterocycles. The molecule has 0 unspecified atom stereocenters. The van der Waals surface area contributed by atoms with Gasteiger partial charge in [-0.3, -0.25) is 4.90 Å². The van der Waals surface area contributed by atoms with E-state index in [1.807, 2.05) is 11.3 Å². The average Bonchev–Trinajstić information content (AvgIpc) is 2.84. The van der Waals surface area contributed by atoms with Crippen LogP contribution in [0.4, 0.5) is 0 Å². The molecule has 2 aliphatic heterocycles. The summed E-state index contributed by atoms with van der Waals surface area (Å²) in [4.78, 5) is 6.48. The molecule has 2 aliphatic rings. The van der Waals surface area contributed by atoms with Crippen LogP contribution < -0.4 is 0 Å². The highest BCUT2D eigenvalue weighted by Crippen LogP contribution is 2.26. The number of hydrogen-bond donors (Lipinski definition) is 0. The van der Waals surface area contributed by atoms with Crippen LogP contribution in [0.15, 0.2) is 11.4 Å². The van der Waals surface area contributed by atoms with E-state index in [9.17, 15) is 0 Å². The third-order valence-corrected chi connectivity index (χ3v) is 5.15. The van der Waals surface area contributed by atoms with Crippen LogP contribution in [0.25, 0.3) is 0 Å². The van der Waals surface area contributed by atoms with Crippen LogP contribution in [0.1, 0.15) is 10.4 Å². The molecule has 2 saturated heterocycles. The number of likely N-dealkylation sites (tertiary alicyclic amines) is 1. The van der Waals surface area contributed by atoms with Crippen LogP contribution >= 0.6 is 11.3 Å². The molecule has 2 atom stereocenters. The highest BCUT2D eigenvalue weighted by Gasteiger charge is 2.35. The van der Waals surface area contributed by atoms with Crippen molar-refractivity contribution < 1.29 is 4.74 Å². The summed E-state index contributed by atoms with van der Waals surface area (Å²) in [6, 6.07) is 2.22. The normalized spacial score (nSPS) is 30.3. The van der Waals surface area contributed by atoms with Gasteiger partial charge >= 0.3 is 0 Å². The van der Waals surface area contributed by atoms with Gasteiger partial charge in [0.1, 0.15) is 0 Å². The summed E-state index contributed by atoms with van der Waals surface area (Å²) < 4.78 is 6.00. The third-order valence-electron chi connectivity index (χ3n) is 4.14. The van der Waals surface area contributed by atoms with E-state index in [2.05, 4.69) is 35.2 Å². The topological polar surface area (TPSA) is 15.7 Å². The van der Waals surface area contributed by atoms with Gasteiger partial charge in [-0.25, -0.2) is 0 Å². The lowest BCUT2D eigenvalue weighted by Crippen LogP contribution is -2.29. The number of nitrogens with zero attached hydrogens (tertiary/aromatic N) is 2. The van der Waals surface area contributed by atoms with Gasteiger partial charge in [0.15, 0.2) is 0 Å². The van der Waals surface area contributed by atoms with Crippen molar-refractivity contribution in [3.8, 4) is 0 Å². The minimum absolute atomic E-state index is 0.454. The standard InChI is InChI=1S/C14H22N2OS/c1-11-3-6-18-14(11)10-16-8-12-7-15(2)4-5-17-13(12)9-16/h3,6,12-13H,4-5,7-10H2,1-2H3/t12-,13+/m0/s1. The first kappa shape index (κ1) is 12.6. The first-order chi connectivity index (χ1) is 8.72. The van der Waals surface area contributed by atoms with Crippen molar-refractivity contribution in [2.45, 2.75) is 19.6 Å². The monoisotopic (exact) mass is 266 g/mol. The van der Waals surface area contributed by atoms with E-state index in [-0.39, 0.29) is 0 Å². The minimum Gasteiger partial charge on any atom is -0.375 e. The van der Waals surface area contributed by atoms with Crippen LogP contribution in [0.2, 0.25) is 0 Å². The van der Waals surface area contributed by atoms with E-state index in [4.69, 9.17) is 4.74 Å². The molecule has 100 valence electrons. The lowest BCUT2D eigenvalue weighted by atomic mass is 10.1. The second-order valence-electron chi connectivity index (χ2n) is 5.65. The molecule has 18 heavy (non-hydrogen) atoms. The first-order valence-corrected chi connectivity index (χ1v) is 7.66. The number of rotatable bonds is 2. The Balaban J connectivity index is 1.63. The van der Waals surface area contributed by atoms with E-state index < -0.39 is 0 Å². The molecule has 3 rings (SSSR count). The molecule has 4 heteroatoms. The summed E-state index contributed by atoms with van der Waals surface area (Å²) in [7, 11) is 2.21. The largest absolute Gasteiger partial charge is 0.375 e. The molecule has 2 fully saturated rings. The zero-order valence-corrected chi connectivity index (χ0v) is 12.1. The molecule has 0 N–H and O–H groups in total. The van der Waals surface area contributed by atoms with Crippen LogP contribution in [-0.2, 0) is 11.3 Å². The second-order valence-corrected chi connectivity index (χ2v) is 6.65. The smallest absolute Gasteiger partial charge is 0.0755 e. The second kappa shape index (κ2) is 5.29. The van der Waals surface area contributed by atoms with Crippen molar-refractivity contribution in [3.05, 3.63) is 21.9 Å². The predicted octanol–water partition coefficient (Wildman–Crippen LogP) is 1.82. The lowest BCUT2D eigenvalue weighted by Gasteiger charge is -2.19. The quantitative estimate of drug-likeness (QED) is 0.812. The van der Waals surface area contributed by atoms with Gasteiger partial charge in [-0.15, -0.1) is 11.3 Å². The van der Waals surface area contributed by atoms with E-state index in [1.54, 1.807) is 0 Å². The van der Waals surface area contributed by atoms with Crippen molar-refractivity contribution in [1.82, 2.24) is 9.80 Å². The molecular weight excluding hydrogens is 244 g/mol. The summed E-state index contributed by atoms with van der Waals surface area (Å²) >= 11 is 1.88. The Morgan fingerprint density at radius 1 is 1.39 bits per heavy atom.